The van der Waals surface area contributed by atoms with E-state index in [-0.39, 0.29) is 11.4 Å². The molecule has 0 aliphatic carbocycles. The molecule has 41 heavy (non-hydrogen) atoms. The number of rotatable bonds is 8. The Hall–Kier alpha value is -3.94. The first-order valence-electron chi connectivity index (χ1n) is 14.4. The number of benzene rings is 3. The van der Waals surface area contributed by atoms with E-state index in [1.165, 1.54) is 0 Å². The molecule has 4 aromatic rings. The normalized spacial score (nSPS) is 14.1. The number of aromatic nitrogens is 1. The lowest BCUT2D eigenvalue weighted by Gasteiger charge is -2.26. The van der Waals surface area contributed by atoms with Crippen LogP contribution in [0.5, 0.6) is 5.75 Å². The molecule has 3 aromatic carbocycles. The van der Waals surface area contributed by atoms with Crippen LogP contribution >= 0.6 is 0 Å². The standard InChI is InChI=1S/C34H40N4O3/c1-5-19-41-32-29(34(2,3)4)11-8-12-31(32)37-33(39)36-30-16-15-26(27-9-6-7-10-28(27)30)24-13-14-25(35-22-24)23-38-17-20-40-21-18-38/h6-16,22H,5,17-21,23H2,1-4H3,(H2,36,37,39). The van der Waals surface area contributed by atoms with E-state index in [2.05, 4.69) is 67.5 Å². The van der Waals surface area contributed by atoms with Crippen molar-refractivity contribution in [1.29, 1.82) is 0 Å². The second kappa shape index (κ2) is 12.7. The Morgan fingerprint density at radius 3 is 2.39 bits per heavy atom. The van der Waals surface area contributed by atoms with Crippen molar-refractivity contribution >= 4 is 28.2 Å². The number of amides is 2. The van der Waals surface area contributed by atoms with Crippen LogP contribution in [0, 0.1) is 0 Å². The second-order valence-electron chi connectivity index (χ2n) is 11.5. The molecular formula is C34H40N4O3. The number of para-hydroxylation sites is 1. The Labute approximate surface area is 242 Å². The van der Waals surface area contributed by atoms with Crippen molar-refractivity contribution in [2.45, 2.75) is 46.1 Å². The lowest BCUT2D eigenvalue weighted by molar-refractivity contribution is 0.0336. The molecule has 2 N–H and O–H groups in total. The second-order valence-corrected chi connectivity index (χ2v) is 11.5. The highest BCUT2D eigenvalue weighted by Gasteiger charge is 2.22. The van der Waals surface area contributed by atoms with Gasteiger partial charge in [0.25, 0.3) is 0 Å². The van der Waals surface area contributed by atoms with Crippen molar-refractivity contribution in [2.24, 2.45) is 0 Å². The fraction of sp³-hybridized carbons (Fsp3) is 0.353. The van der Waals surface area contributed by atoms with Gasteiger partial charge in [0.05, 0.1) is 36.9 Å². The molecule has 2 heterocycles. The number of nitrogens with one attached hydrogen (secondary N) is 2. The maximum absolute atomic E-state index is 13.3. The van der Waals surface area contributed by atoms with Gasteiger partial charge in [-0.1, -0.05) is 76.2 Å². The maximum atomic E-state index is 13.3. The quantitative estimate of drug-likeness (QED) is 0.237. The lowest BCUT2D eigenvalue weighted by Crippen LogP contribution is -2.35. The Morgan fingerprint density at radius 1 is 0.927 bits per heavy atom. The summed E-state index contributed by atoms with van der Waals surface area (Å²) in [6, 6.07) is 21.9. The molecule has 7 heteroatoms. The third-order valence-corrected chi connectivity index (χ3v) is 7.32. The molecule has 0 unspecified atom stereocenters. The van der Waals surface area contributed by atoms with Gasteiger partial charge in [-0.25, -0.2) is 4.79 Å². The number of ether oxygens (including phenoxy) is 2. The third kappa shape index (κ3) is 6.87. The van der Waals surface area contributed by atoms with Crippen LogP contribution < -0.4 is 15.4 Å². The zero-order valence-corrected chi connectivity index (χ0v) is 24.5. The minimum atomic E-state index is -0.315. The summed E-state index contributed by atoms with van der Waals surface area (Å²) in [6.45, 7) is 13.3. The number of nitrogens with zero attached hydrogens (tertiary/aromatic N) is 2. The average Bonchev–Trinajstić information content (AvgIpc) is 2.97. The number of urea groups is 1. The van der Waals surface area contributed by atoms with Gasteiger partial charge >= 0.3 is 6.03 Å². The third-order valence-electron chi connectivity index (χ3n) is 7.32. The summed E-state index contributed by atoms with van der Waals surface area (Å²) in [5, 5.41) is 8.12. The van der Waals surface area contributed by atoms with Crippen molar-refractivity contribution in [1.82, 2.24) is 9.88 Å². The minimum Gasteiger partial charge on any atom is -0.491 e. The number of pyridine rings is 1. The number of hydrogen-bond donors (Lipinski definition) is 2. The van der Waals surface area contributed by atoms with Gasteiger partial charge in [0.15, 0.2) is 0 Å². The van der Waals surface area contributed by atoms with Gasteiger partial charge in [-0.15, -0.1) is 0 Å². The van der Waals surface area contributed by atoms with E-state index in [9.17, 15) is 4.79 Å². The van der Waals surface area contributed by atoms with Crippen LogP contribution in [-0.4, -0.2) is 48.8 Å². The highest BCUT2D eigenvalue weighted by Crippen LogP contribution is 2.38. The van der Waals surface area contributed by atoms with Crippen LogP contribution in [0.25, 0.3) is 21.9 Å². The monoisotopic (exact) mass is 552 g/mol. The molecule has 1 aliphatic rings. The molecule has 1 saturated heterocycles. The van der Waals surface area contributed by atoms with Crippen LogP contribution in [0.4, 0.5) is 16.2 Å². The summed E-state index contributed by atoms with van der Waals surface area (Å²) in [5.41, 5.74) is 5.49. The van der Waals surface area contributed by atoms with Gasteiger partial charge < -0.3 is 20.1 Å². The molecule has 214 valence electrons. The Morgan fingerprint density at radius 2 is 1.68 bits per heavy atom. The summed E-state index contributed by atoms with van der Waals surface area (Å²) in [6.07, 6.45) is 2.83. The molecule has 1 fully saturated rings. The van der Waals surface area contributed by atoms with Crippen molar-refractivity contribution in [3.05, 3.63) is 84.2 Å². The highest BCUT2D eigenvalue weighted by molar-refractivity contribution is 6.10. The van der Waals surface area contributed by atoms with E-state index >= 15 is 0 Å². The van der Waals surface area contributed by atoms with Crippen LogP contribution in [-0.2, 0) is 16.7 Å². The first kappa shape index (κ1) is 28.6. The molecule has 0 bridgehead atoms. The molecule has 2 amide bonds. The van der Waals surface area contributed by atoms with E-state index in [4.69, 9.17) is 14.5 Å². The van der Waals surface area contributed by atoms with Crippen molar-refractivity contribution in [3.8, 4) is 16.9 Å². The van der Waals surface area contributed by atoms with E-state index in [0.29, 0.717) is 12.3 Å². The van der Waals surface area contributed by atoms with Crippen molar-refractivity contribution < 1.29 is 14.3 Å². The van der Waals surface area contributed by atoms with Gasteiger partial charge in [0, 0.05) is 42.3 Å². The molecule has 7 nitrogen and oxygen atoms in total. The Kier molecular flexibility index (Phi) is 8.86. The summed E-state index contributed by atoms with van der Waals surface area (Å²) < 4.78 is 11.6. The topological polar surface area (TPSA) is 75.7 Å². The lowest BCUT2D eigenvalue weighted by atomic mass is 9.86. The summed E-state index contributed by atoms with van der Waals surface area (Å²) in [5.74, 6) is 0.724. The first-order chi connectivity index (χ1) is 19.8. The Balaban J connectivity index is 1.36. The minimum absolute atomic E-state index is 0.126. The molecule has 0 spiro atoms. The molecule has 1 aliphatic heterocycles. The average molecular weight is 553 g/mol. The highest BCUT2D eigenvalue weighted by atomic mass is 16.5. The van der Waals surface area contributed by atoms with E-state index in [1.54, 1.807) is 0 Å². The predicted molar refractivity (Wildman–Crippen MR) is 167 cm³/mol. The van der Waals surface area contributed by atoms with Crippen LogP contribution in [0.15, 0.2) is 72.9 Å². The van der Waals surface area contributed by atoms with Gasteiger partial charge in [-0.2, -0.15) is 0 Å². The Bertz CT molecular complexity index is 1490. The van der Waals surface area contributed by atoms with Crippen LogP contribution in [0.2, 0.25) is 0 Å². The largest absolute Gasteiger partial charge is 0.491 e. The smallest absolute Gasteiger partial charge is 0.323 e. The fourth-order valence-corrected chi connectivity index (χ4v) is 5.19. The molecule has 0 saturated carbocycles. The van der Waals surface area contributed by atoms with E-state index < -0.39 is 0 Å². The predicted octanol–water partition coefficient (Wildman–Crippen LogP) is 7.46. The molecule has 5 rings (SSSR count). The number of carbonyl (C=O) groups excluding carboxylic acids is 1. The maximum Gasteiger partial charge on any atom is 0.323 e. The number of hydrogen-bond acceptors (Lipinski definition) is 5. The summed E-state index contributed by atoms with van der Waals surface area (Å²) in [7, 11) is 0. The number of carbonyl (C=O) groups is 1. The van der Waals surface area contributed by atoms with Gasteiger partial charge in [0.1, 0.15) is 5.75 Å². The van der Waals surface area contributed by atoms with E-state index in [0.717, 1.165) is 83.9 Å². The number of fused-ring (bicyclic) bond motifs is 1. The molecule has 0 atom stereocenters. The van der Waals surface area contributed by atoms with E-state index in [1.807, 2.05) is 48.7 Å². The van der Waals surface area contributed by atoms with Gasteiger partial charge in [-0.3, -0.25) is 9.88 Å². The molecule has 1 aromatic heterocycles. The van der Waals surface area contributed by atoms with Crippen molar-refractivity contribution in [3.63, 3.8) is 0 Å². The number of morpholine rings is 1. The number of anilines is 2. The van der Waals surface area contributed by atoms with Gasteiger partial charge in [-0.05, 0) is 41.0 Å². The zero-order chi connectivity index (χ0) is 28.8. The SMILES string of the molecule is CCCOc1c(NC(=O)Nc2ccc(-c3ccc(CN4CCOCC4)nc3)c3ccccc23)cccc1C(C)(C)C. The van der Waals surface area contributed by atoms with Crippen LogP contribution in [0.1, 0.15) is 45.4 Å². The molecule has 0 radical (unpaired) electrons. The fourth-order valence-electron chi connectivity index (χ4n) is 5.19. The zero-order valence-electron chi connectivity index (χ0n) is 24.5. The summed E-state index contributed by atoms with van der Waals surface area (Å²) in [4.78, 5) is 20.4. The first-order valence-corrected chi connectivity index (χ1v) is 14.4. The summed E-state index contributed by atoms with van der Waals surface area (Å²) >= 11 is 0. The molecular weight excluding hydrogens is 512 g/mol. The van der Waals surface area contributed by atoms with Crippen molar-refractivity contribution in [2.75, 3.05) is 43.5 Å². The van der Waals surface area contributed by atoms with Gasteiger partial charge in [0.2, 0.25) is 0 Å². The van der Waals surface area contributed by atoms with Crippen LogP contribution in [0.3, 0.4) is 0 Å².